The Morgan fingerprint density at radius 1 is 0.969 bits per heavy atom. The van der Waals surface area contributed by atoms with Gasteiger partial charge in [-0.1, -0.05) is 0 Å². The van der Waals surface area contributed by atoms with Gasteiger partial charge in [-0.05, 0) is 0 Å². The molecule has 2 aliphatic heterocycles. The van der Waals surface area contributed by atoms with Crippen LogP contribution in [-0.4, -0.2) is 98.9 Å². The molecule has 2 aromatic carbocycles. The Morgan fingerprint density at radius 2 is 1.66 bits per heavy atom. The fourth-order valence-electron chi connectivity index (χ4n) is 4.20. The van der Waals surface area contributed by atoms with Crippen molar-refractivity contribution in [3.8, 4) is 0 Å². The third-order valence-electron chi connectivity index (χ3n) is 6.16. The quantitative estimate of drug-likeness (QED) is 0.463. The fourth-order valence-corrected chi connectivity index (χ4v) is 4.78. The number of amides is 1. The van der Waals surface area contributed by atoms with Gasteiger partial charge >= 0.3 is 180 Å². The first-order valence-corrected chi connectivity index (χ1v) is 12.0. The summed E-state index contributed by atoms with van der Waals surface area (Å²) >= 11 is 3.07. The van der Waals surface area contributed by atoms with Gasteiger partial charge in [-0.3, -0.25) is 0 Å². The number of benzene rings is 2. The van der Waals surface area contributed by atoms with Gasteiger partial charge in [-0.25, -0.2) is 0 Å². The van der Waals surface area contributed by atoms with Crippen molar-refractivity contribution in [1.29, 1.82) is 0 Å². The van der Waals surface area contributed by atoms with Crippen LogP contribution in [0.1, 0.15) is 11.1 Å². The average molecular weight is 498 g/mol. The number of hydrogen-bond acceptors (Lipinski definition) is 5. The van der Waals surface area contributed by atoms with Gasteiger partial charge in [0, 0.05) is 6.54 Å². The predicted octanol–water partition coefficient (Wildman–Crippen LogP) is 1.41. The predicted molar refractivity (Wildman–Crippen MR) is 131 cm³/mol. The number of carbonyl (C=O) groups excluding carboxylic acids is 1. The molecular weight excluding hydrogens is 467 g/mol. The average Bonchev–Trinajstić information content (AvgIpc) is 3.02. The molecule has 0 radical (unpaired) electrons. The van der Waals surface area contributed by atoms with E-state index in [2.05, 4.69) is 61.8 Å². The molecule has 4 rings (SSSR count). The van der Waals surface area contributed by atoms with Crippen LogP contribution in [0.15, 0.2) is 60.3 Å². The molecule has 0 aliphatic carbocycles. The number of β-amino-alcohol motifs (C(OH)–C–C–N with tert-alkyl or cyclic N) is 1. The van der Waals surface area contributed by atoms with Gasteiger partial charge in [-0.2, -0.15) is 0 Å². The maximum absolute atomic E-state index is 13.1. The molecule has 2 aliphatic rings. The molecule has 7 heteroatoms. The summed E-state index contributed by atoms with van der Waals surface area (Å²) in [5, 5.41) is 9.11. The van der Waals surface area contributed by atoms with E-state index in [-0.39, 0.29) is 12.5 Å². The number of likely N-dealkylation sites (N-methyl/N-ethyl adjacent to an activating group) is 1. The Balaban J connectivity index is 1.40. The van der Waals surface area contributed by atoms with Crippen molar-refractivity contribution >= 4 is 37.9 Å². The summed E-state index contributed by atoms with van der Waals surface area (Å²) in [7, 11) is 1.93. The first-order valence-electron chi connectivity index (χ1n) is 11.1. The van der Waals surface area contributed by atoms with Crippen molar-refractivity contribution in [3.05, 3.63) is 71.4 Å². The molecule has 32 heavy (non-hydrogen) atoms. The summed E-state index contributed by atoms with van der Waals surface area (Å²) in [5.74, 6) is 0.0289. The van der Waals surface area contributed by atoms with E-state index in [0.717, 1.165) is 49.4 Å². The van der Waals surface area contributed by atoms with Gasteiger partial charge in [-0.15, -0.1) is 0 Å². The Bertz CT molecular complexity index is 969. The molecule has 2 saturated heterocycles. The van der Waals surface area contributed by atoms with Crippen LogP contribution in [0.3, 0.4) is 0 Å². The molecule has 0 saturated carbocycles. The molecule has 0 atom stereocenters. The van der Waals surface area contributed by atoms with Crippen LogP contribution in [0.2, 0.25) is 0 Å². The van der Waals surface area contributed by atoms with Crippen LogP contribution in [0, 0.1) is 0 Å². The third-order valence-corrected chi connectivity index (χ3v) is 7.20. The normalized spacial score (nSPS) is 18.8. The number of rotatable bonds is 7. The number of hydrogen-bond donors (Lipinski definition) is 1. The molecule has 168 valence electrons. The summed E-state index contributed by atoms with van der Waals surface area (Å²) in [6.45, 7) is 5.47. The Labute approximate surface area is 198 Å². The second kappa shape index (κ2) is 10.5. The first-order chi connectivity index (χ1) is 15.6. The van der Waals surface area contributed by atoms with Crippen molar-refractivity contribution in [1.82, 2.24) is 14.7 Å². The van der Waals surface area contributed by atoms with Gasteiger partial charge in [0.1, 0.15) is 0 Å². The monoisotopic (exact) mass is 498 g/mol. The molecule has 2 aromatic rings. The van der Waals surface area contributed by atoms with Crippen molar-refractivity contribution in [2.45, 2.75) is 6.42 Å². The van der Waals surface area contributed by atoms with Crippen molar-refractivity contribution in [3.63, 3.8) is 0 Å². The van der Waals surface area contributed by atoms with E-state index in [4.69, 9.17) is 5.11 Å². The van der Waals surface area contributed by atoms with Gasteiger partial charge in [0.05, 0.1) is 6.61 Å². The van der Waals surface area contributed by atoms with Crippen molar-refractivity contribution in [2.24, 2.45) is 0 Å². The van der Waals surface area contributed by atoms with Crippen molar-refractivity contribution in [2.75, 3.05) is 57.8 Å². The van der Waals surface area contributed by atoms with Gasteiger partial charge < -0.3 is 5.11 Å². The molecule has 0 aromatic heterocycles. The number of aliphatic hydroxyl groups is 1. The van der Waals surface area contributed by atoms with E-state index >= 15 is 0 Å². The minimum absolute atomic E-state index is 0.0289. The summed E-state index contributed by atoms with van der Waals surface area (Å²) in [4.78, 5) is 21.5. The molecule has 2 heterocycles. The van der Waals surface area contributed by atoms with E-state index < -0.39 is 0 Å². The zero-order valence-electron chi connectivity index (χ0n) is 18.5. The number of nitrogens with zero attached hydrogens (tertiary/aromatic N) is 4. The summed E-state index contributed by atoms with van der Waals surface area (Å²) in [6, 6.07) is 18.7. The SMILES string of the molecule is CN1C(=[Se])N(CCc2ccccc2)C(=O)/C1=C\c1ccc(N2CCN(CCO)CC2)cc1. The van der Waals surface area contributed by atoms with Gasteiger partial charge in [0.25, 0.3) is 0 Å². The summed E-state index contributed by atoms with van der Waals surface area (Å²) in [5.41, 5.74) is 4.11. The zero-order chi connectivity index (χ0) is 22.5. The molecule has 2 fully saturated rings. The van der Waals surface area contributed by atoms with E-state index in [9.17, 15) is 4.79 Å². The minimum atomic E-state index is 0.0289. The molecule has 6 nitrogen and oxygen atoms in total. The molecular formula is C25H30N4O2Se. The molecule has 1 N–H and O–H groups in total. The van der Waals surface area contributed by atoms with Crippen LogP contribution in [-0.2, 0) is 11.2 Å². The summed E-state index contributed by atoms with van der Waals surface area (Å²) in [6.07, 6.45) is 2.78. The van der Waals surface area contributed by atoms with Crippen LogP contribution in [0.4, 0.5) is 5.69 Å². The Hall–Kier alpha value is -2.44. The standard InChI is InChI=1S/C25H30N4O2Se/c1-26-23(24(31)29(25(26)32)12-11-20-5-3-2-4-6-20)19-21-7-9-22(10-8-21)28-15-13-27(14-16-28)17-18-30/h2-10,19,30H,11-18H2,1H3/b23-19+. The van der Waals surface area contributed by atoms with Crippen molar-refractivity contribution < 1.29 is 9.90 Å². The van der Waals surface area contributed by atoms with Crippen LogP contribution < -0.4 is 4.90 Å². The number of piperazine rings is 1. The van der Waals surface area contributed by atoms with Crippen LogP contribution >= 0.6 is 0 Å². The molecule has 0 spiro atoms. The second-order valence-electron chi connectivity index (χ2n) is 8.21. The molecule has 1 amide bonds. The van der Waals surface area contributed by atoms with Crippen LogP contribution in [0.5, 0.6) is 0 Å². The molecule has 0 bridgehead atoms. The fraction of sp³-hybridized carbons (Fsp3) is 0.360. The van der Waals surface area contributed by atoms with E-state index in [1.54, 1.807) is 0 Å². The van der Waals surface area contributed by atoms with E-state index in [1.807, 2.05) is 41.1 Å². The Morgan fingerprint density at radius 3 is 2.31 bits per heavy atom. The van der Waals surface area contributed by atoms with Crippen LogP contribution in [0.25, 0.3) is 6.08 Å². The Kier molecular flexibility index (Phi) is 7.43. The topological polar surface area (TPSA) is 50.3 Å². The van der Waals surface area contributed by atoms with E-state index in [0.29, 0.717) is 12.2 Å². The second-order valence-corrected chi connectivity index (χ2v) is 8.97. The molecule has 0 unspecified atom stereocenters. The third kappa shape index (κ3) is 5.13. The van der Waals surface area contributed by atoms with Gasteiger partial charge in [0.2, 0.25) is 0 Å². The van der Waals surface area contributed by atoms with Gasteiger partial charge in [0.15, 0.2) is 0 Å². The van der Waals surface area contributed by atoms with E-state index in [1.165, 1.54) is 11.3 Å². The summed E-state index contributed by atoms with van der Waals surface area (Å²) < 4.78 is 0.842. The number of aliphatic hydroxyl groups excluding tert-OH is 1. The number of anilines is 1. The first kappa shape index (κ1) is 22.7. The number of carbonyl (C=O) groups is 1. The maximum atomic E-state index is 13.1. The zero-order valence-corrected chi connectivity index (χ0v) is 20.2.